The molecule has 6 heteroatoms. The van der Waals surface area contributed by atoms with Gasteiger partial charge in [-0.05, 0) is 63.4 Å². The van der Waals surface area contributed by atoms with Crippen LogP contribution in [0, 0.1) is 0 Å². The molecule has 0 radical (unpaired) electrons. The molecule has 8 aromatic carbocycles. The van der Waals surface area contributed by atoms with E-state index in [1.54, 1.807) is 0 Å². The van der Waals surface area contributed by atoms with E-state index in [1.807, 2.05) is 109 Å². The fourth-order valence-corrected chi connectivity index (χ4v) is 7.74. The van der Waals surface area contributed by atoms with Gasteiger partial charge in [0, 0.05) is 27.6 Å². The van der Waals surface area contributed by atoms with Gasteiger partial charge >= 0.3 is 0 Å². The summed E-state index contributed by atoms with van der Waals surface area (Å²) in [5.41, 5.74) is 11.2. The average molecular weight is 719 g/mol. The van der Waals surface area contributed by atoms with E-state index in [0.29, 0.717) is 23.4 Å². The molecule has 3 aromatic heterocycles. The summed E-state index contributed by atoms with van der Waals surface area (Å²) in [6.45, 7) is 0. The first kappa shape index (κ1) is 31.8. The largest absolute Gasteiger partial charge is 0.456 e. The van der Waals surface area contributed by atoms with Crippen molar-refractivity contribution >= 4 is 43.8 Å². The third kappa shape index (κ3) is 5.35. The minimum Gasteiger partial charge on any atom is -0.456 e. The second kappa shape index (κ2) is 13.0. The van der Waals surface area contributed by atoms with Gasteiger partial charge in [-0.1, -0.05) is 152 Å². The summed E-state index contributed by atoms with van der Waals surface area (Å²) in [4.78, 5) is 19.6. The summed E-state index contributed by atoms with van der Waals surface area (Å²) in [5.74, 6) is 2.49. The zero-order chi connectivity index (χ0) is 37.0. The molecule has 3 heterocycles. The summed E-state index contributed by atoms with van der Waals surface area (Å²) in [7, 11) is 0. The summed E-state index contributed by atoms with van der Waals surface area (Å²) >= 11 is 0. The van der Waals surface area contributed by atoms with E-state index in [2.05, 4.69) is 72.8 Å². The van der Waals surface area contributed by atoms with Crippen molar-refractivity contribution in [3.05, 3.63) is 182 Å². The number of hydrogen-bond donors (Lipinski definition) is 0. The molecule has 0 amide bonds. The monoisotopic (exact) mass is 718 g/mol. The van der Waals surface area contributed by atoms with Crippen LogP contribution in [-0.2, 0) is 0 Å². The van der Waals surface area contributed by atoms with Crippen LogP contribution in [0.3, 0.4) is 0 Å². The predicted molar refractivity (Wildman–Crippen MR) is 225 cm³/mol. The summed E-state index contributed by atoms with van der Waals surface area (Å²) < 4.78 is 13.0. The Balaban J connectivity index is 1.02. The maximum Gasteiger partial charge on any atom is 0.227 e. The van der Waals surface area contributed by atoms with Gasteiger partial charge in [0.25, 0.3) is 0 Å². The zero-order valence-corrected chi connectivity index (χ0v) is 29.9. The van der Waals surface area contributed by atoms with Crippen LogP contribution >= 0.6 is 0 Å². The van der Waals surface area contributed by atoms with Crippen LogP contribution in [-0.4, -0.2) is 19.9 Å². The predicted octanol–water partition coefficient (Wildman–Crippen LogP) is 13.1. The molecule has 0 unspecified atom stereocenters. The van der Waals surface area contributed by atoms with Crippen LogP contribution in [0.5, 0.6) is 0 Å². The maximum atomic E-state index is 6.51. The van der Waals surface area contributed by atoms with E-state index in [0.717, 1.165) is 88.3 Å². The second-order valence-corrected chi connectivity index (χ2v) is 13.8. The molecular formula is C50H30N4O2. The molecule has 0 aliphatic rings. The quantitative estimate of drug-likeness (QED) is 0.170. The molecule has 0 atom stereocenters. The number of aromatic nitrogens is 4. The molecule has 0 spiro atoms. The molecule has 0 N–H and O–H groups in total. The Bertz CT molecular complexity index is 3170. The Morgan fingerprint density at radius 3 is 1.46 bits per heavy atom. The van der Waals surface area contributed by atoms with Gasteiger partial charge in [0.15, 0.2) is 23.1 Å². The van der Waals surface area contributed by atoms with Crippen LogP contribution in [0.2, 0.25) is 0 Å². The van der Waals surface area contributed by atoms with Crippen LogP contribution in [0.25, 0.3) is 112 Å². The van der Waals surface area contributed by atoms with Crippen molar-refractivity contribution in [1.82, 2.24) is 19.9 Å². The van der Waals surface area contributed by atoms with E-state index >= 15 is 0 Å². The first-order chi connectivity index (χ1) is 27.7. The fourth-order valence-electron chi connectivity index (χ4n) is 7.74. The average Bonchev–Trinajstić information content (AvgIpc) is 3.89. The maximum absolute atomic E-state index is 6.51. The molecule has 0 bridgehead atoms. The lowest BCUT2D eigenvalue weighted by Crippen LogP contribution is -2.00. The Kier molecular flexibility index (Phi) is 7.38. The van der Waals surface area contributed by atoms with Crippen molar-refractivity contribution in [2.75, 3.05) is 0 Å². The number of rotatable bonds is 6. The highest BCUT2D eigenvalue weighted by molar-refractivity contribution is 6.22. The third-order valence-electron chi connectivity index (χ3n) is 10.4. The number of oxazole rings is 1. The minimum atomic E-state index is 0.588. The number of benzene rings is 8. The number of hydrogen-bond acceptors (Lipinski definition) is 6. The number of nitrogens with zero attached hydrogens (tertiary/aromatic N) is 4. The van der Waals surface area contributed by atoms with Crippen molar-refractivity contribution in [2.45, 2.75) is 0 Å². The SMILES string of the molecule is c1ccc(-c2nc(-c3ccccc3)nc(-c3ccc(-c4ccc(-c5cccc6oc7ccc8nc(-c9ccccc9)oc8c7c56)c5ccccc45)cc3)n2)cc1. The molecule has 0 saturated carbocycles. The second-order valence-electron chi connectivity index (χ2n) is 13.8. The van der Waals surface area contributed by atoms with Gasteiger partial charge in [-0.2, -0.15) is 0 Å². The Morgan fingerprint density at radius 2 is 0.821 bits per heavy atom. The van der Waals surface area contributed by atoms with Gasteiger partial charge in [-0.15, -0.1) is 0 Å². The zero-order valence-electron chi connectivity index (χ0n) is 29.9. The lowest BCUT2D eigenvalue weighted by atomic mass is 9.90. The first-order valence-electron chi connectivity index (χ1n) is 18.6. The molecule has 0 saturated heterocycles. The molecule has 11 rings (SSSR count). The fraction of sp³-hybridized carbons (Fsp3) is 0. The van der Waals surface area contributed by atoms with Crippen molar-refractivity contribution in [3.63, 3.8) is 0 Å². The lowest BCUT2D eigenvalue weighted by molar-refractivity contribution is 0.622. The van der Waals surface area contributed by atoms with E-state index in [-0.39, 0.29) is 0 Å². The Labute approximate surface area is 321 Å². The van der Waals surface area contributed by atoms with Gasteiger partial charge < -0.3 is 8.83 Å². The van der Waals surface area contributed by atoms with Gasteiger partial charge in [0.1, 0.15) is 16.7 Å². The number of fused-ring (bicyclic) bond motifs is 6. The molecule has 0 aliphatic heterocycles. The highest BCUT2D eigenvalue weighted by Gasteiger charge is 2.21. The molecule has 0 aliphatic carbocycles. The topological polar surface area (TPSA) is 77.8 Å². The highest BCUT2D eigenvalue weighted by atomic mass is 16.4. The van der Waals surface area contributed by atoms with Crippen molar-refractivity contribution in [3.8, 4) is 67.9 Å². The van der Waals surface area contributed by atoms with Crippen LogP contribution in [0.15, 0.2) is 191 Å². The van der Waals surface area contributed by atoms with Crippen molar-refractivity contribution < 1.29 is 8.83 Å². The van der Waals surface area contributed by atoms with Gasteiger partial charge in [-0.3, -0.25) is 0 Å². The molecule has 262 valence electrons. The van der Waals surface area contributed by atoms with Crippen LogP contribution in [0.1, 0.15) is 0 Å². The van der Waals surface area contributed by atoms with E-state index < -0.39 is 0 Å². The normalized spacial score (nSPS) is 11.6. The molecule has 6 nitrogen and oxygen atoms in total. The van der Waals surface area contributed by atoms with Crippen molar-refractivity contribution in [1.29, 1.82) is 0 Å². The van der Waals surface area contributed by atoms with Gasteiger partial charge in [0.05, 0.1) is 5.39 Å². The Morgan fingerprint density at radius 1 is 0.304 bits per heavy atom. The van der Waals surface area contributed by atoms with Gasteiger partial charge in [0.2, 0.25) is 5.89 Å². The Hall–Kier alpha value is -7.70. The standard InChI is InChI=1S/C50H30N4O2/c1-4-13-32(14-5-1)47-52-48(33-15-6-2-7-16-33)54-49(53-47)34-25-23-31(24-26-34)36-27-28-39(38-20-11-10-19-37(36)38)40-21-12-22-42-44(40)45-43(55-42)30-29-41-46(45)56-50(51-41)35-17-8-3-9-18-35/h1-30H. The van der Waals surface area contributed by atoms with E-state index in [9.17, 15) is 0 Å². The molecule has 0 fully saturated rings. The minimum absolute atomic E-state index is 0.588. The number of furan rings is 1. The summed E-state index contributed by atoms with van der Waals surface area (Å²) in [6, 6.07) is 61.8. The van der Waals surface area contributed by atoms with Crippen LogP contribution in [0.4, 0.5) is 0 Å². The summed E-state index contributed by atoms with van der Waals surface area (Å²) in [5, 5.41) is 4.23. The third-order valence-corrected chi connectivity index (χ3v) is 10.4. The molecule has 11 aromatic rings. The first-order valence-corrected chi connectivity index (χ1v) is 18.6. The van der Waals surface area contributed by atoms with Crippen LogP contribution < -0.4 is 0 Å². The van der Waals surface area contributed by atoms with Gasteiger partial charge in [-0.25, -0.2) is 19.9 Å². The highest BCUT2D eigenvalue weighted by Crippen LogP contribution is 2.44. The lowest BCUT2D eigenvalue weighted by Gasteiger charge is -2.13. The van der Waals surface area contributed by atoms with E-state index in [4.69, 9.17) is 28.8 Å². The van der Waals surface area contributed by atoms with E-state index in [1.165, 1.54) is 0 Å². The molecular weight excluding hydrogens is 689 g/mol. The molecule has 56 heavy (non-hydrogen) atoms. The summed E-state index contributed by atoms with van der Waals surface area (Å²) in [6.07, 6.45) is 0. The van der Waals surface area contributed by atoms with Crippen molar-refractivity contribution in [2.24, 2.45) is 0 Å². The smallest absolute Gasteiger partial charge is 0.227 e.